The monoisotopic (exact) mass is 435 g/mol. The highest BCUT2D eigenvalue weighted by atomic mass is 19.1. The van der Waals surface area contributed by atoms with Gasteiger partial charge in [0, 0.05) is 37.9 Å². The van der Waals surface area contributed by atoms with Gasteiger partial charge in [-0.2, -0.15) is 0 Å². The van der Waals surface area contributed by atoms with E-state index in [-0.39, 0.29) is 18.0 Å². The normalized spacial score (nSPS) is 14.2. The summed E-state index contributed by atoms with van der Waals surface area (Å²) in [6.45, 7) is 1.09. The molecule has 0 bridgehead atoms. The third-order valence-electron chi connectivity index (χ3n) is 4.65. The summed E-state index contributed by atoms with van der Waals surface area (Å²) in [5.41, 5.74) is 0.169. The second-order valence-electron chi connectivity index (χ2n) is 6.95. The number of ether oxygens (including phenoxy) is 1. The minimum absolute atomic E-state index is 0.111. The maximum absolute atomic E-state index is 13.2. The van der Waals surface area contributed by atoms with Crippen molar-refractivity contribution in [2.24, 2.45) is 0 Å². The van der Waals surface area contributed by atoms with Gasteiger partial charge in [-0.3, -0.25) is 14.5 Å². The van der Waals surface area contributed by atoms with E-state index in [2.05, 4.69) is 5.32 Å². The second kappa shape index (κ2) is 10.1. The number of nitrogens with zero attached hydrogens (tertiary/aromatic N) is 2. The van der Waals surface area contributed by atoms with Crippen LogP contribution in [0.25, 0.3) is 0 Å². The van der Waals surface area contributed by atoms with Gasteiger partial charge in [0.15, 0.2) is 6.61 Å². The average Bonchev–Trinajstić information content (AvgIpc) is 2.73. The Morgan fingerprint density at radius 3 is 2.10 bits per heavy atom. The van der Waals surface area contributed by atoms with Crippen molar-refractivity contribution in [3.05, 3.63) is 65.5 Å². The van der Waals surface area contributed by atoms with Crippen molar-refractivity contribution in [2.45, 2.75) is 0 Å². The van der Waals surface area contributed by atoms with Crippen molar-refractivity contribution < 1.29 is 32.3 Å². The van der Waals surface area contributed by atoms with Crippen LogP contribution in [0.1, 0.15) is 10.4 Å². The van der Waals surface area contributed by atoms with Crippen molar-refractivity contribution in [3.8, 4) is 0 Å². The fourth-order valence-corrected chi connectivity index (χ4v) is 3.07. The molecule has 0 aromatic heterocycles. The smallest absolute Gasteiger partial charge is 0.338 e. The Balaban J connectivity index is 1.40. The van der Waals surface area contributed by atoms with Crippen LogP contribution < -0.4 is 5.32 Å². The molecule has 0 radical (unpaired) electrons. The molecule has 1 aliphatic heterocycles. The Morgan fingerprint density at radius 2 is 1.48 bits per heavy atom. The zero-order chi connectivity index (χ0) is 22.4. The molecule has 31 heavy (non-hydrogen) atoms. The van der Waals surface area contributed by atoms with Gasteiger partial charge in [-0.15, -0.1) is 0 Å². The lowest BCUT2D eigenvalue weighted by molar-refractivity contribution is -0.136. The molecule has 1 saturated heterocycles. The topological polar surface area (TPSA) is 79.0 Å². The third kappa shape index (κ3) is 6.54. The summed E-state index contributed by atoms with van der Waals surface area (Å²) >= 11 is 0. The Morgan fingerprint density at radius 1 is 0.871 bits per heavy atom. The molecule has 10 heteroatoms. The molecular formula is C21H20F3N3O4. The van der Waals surface area contributed by atoms with E-state index < -0.39 is 35.9 Å². The highest BCUT2D eigenvalue weighted by Crippen LogP contribution is 2.11. The Labute approximate surface area is 176 Å². The van der Waals surface area contributed by atoms with Gasteiger partial charge in [-0.05, 0) is 36.4 Å². The highest BCUT2D eigenvalue weighted by molar-refractivity contribution is 5.92. The number of piperazine rings is 1. The number of esters is 1. The minimum atomic E-state index is -0.997. The molecule has 1 N–H and O–H groups in total. The lowest BCUT2D eigenvalue weighted by Gasteiger charge is -2.34. The van der Waals surface area contributed by atoms with E-state index in [0.717, 1.165) is 12.1 Å². The van der Waals surface area contributed by atoms with Gasteiger partial charge in [0.05, 0.1) is 12.1 Å². The number of benzene rings is 2. The summed E-state index contributed by atoms with van der Waals surface area (Å²) in [5.74, 6) is -3.94. The number of anilines is 1. The number of rotatable bonds is 6. The van der Waals surface area contributed by atoms with Gasteiger partial charge in [-0.1, -0.05) is 0 Å². The van der Waals surface area contributed by atoms with Crippen molar-refractivity contribution in [2.75, 3.05) is 44.6 Å². The lowest BCUT2D eigenvalue weighted by atomic mass is 10.2. The Hall–Kier alpha value is -3.40. The second-order valence-corrected chi connectivity index (χ2v) is 6.95. The van der Waals surface area contributed by atoms with Gasteiger partial charge in [-0.25, -0.2) is 18.0 Å². The molecule has 2 amide bonds. The van der Waals surface area contributed by atoms with Crippen LogP contribution in [0.15, 0.2) is 42.5 Å². The number of hydrogen-bond donors (Lipinski definition) is 1. The molecule has 1 aliphatic rings. The van der Waals surface area contributed by atoms with E-state index in [1.807, 2.05) is 4.90 Å². The first-order valence-electron chi connectivity index (χ1n) is 9.49. The Bertz CT molecular complexity index is 941. The number of amides is 2. The highest BCUT2D eigenvalue weighted by Gasteiger charge is 2.23. The molecule has 2 aromatic rings. The number of carbonyl (C=O) groups excluding carboxylic acids is 3. The molecule has 3 rings (SSSR count). The van der Waals surface area contributed by atoms with Crippen LogP contribution in [0.3, 0.4) is 0 Å². The fraction of sp³-hybridized carbons (Fsp3) is 0.286. The van der Waals surface area contributed by atoms with E-state index in [4.69, 9.17) is 4.74 Å². The van der Waals surface area contributed by atoms with Crippen LogP contribution in [0.4, 0.5) is 18.9 Å². The molecule has 0 spiro atoms. The van der Waals surface area contributed by atoms with Gasteiger partial charge >= 0.3 is 5.97 Å². The fourth-order valence-electron chi connectivity index (χ4n) is 3.07. The van der Waals surface area contributed by atoms with Gasteiger partial charge in [0.25, 0.3) is 5.91 Å². The first-order valence-corrected chi connectivity index (χ1v) is 9.49. The first kappa shape index (κ1) is 22.3. The maximum atomic E-state index is 13.2. The van der Waals surface area contributed by atoms with Crippen LogP contribution in [-0.4, -0.2) is 66.9 Å². The van der Waals surface area contributed by atoms with E-state index >= 15 is 0 Å². The van der Waals surface area contributed by atoms with Crippen molar-refractivity contribution in [1.29, 1.82) is 0 Å². The molecule has 0 aliphatic carbocycles. The summed E-state index contributed by atoms with van der Waals surface area (Å²) in [6.07, 6.45) is 0. The minimum Gasteiger partial charge on any atom is -0.452 e. The number of halogens is 3. The van der Waals surface area contributed by atoms with Gasteiger partial charge in [0.1, 0.15) is 17.5 Å². The average molecular weight is 435 g/mol. The van der Waals surface area contributed by atoms with Crippen molar-refractivity contribution in [3.63, 3.8) is 0 Å². The predicted molar refractivity (Wildman–Crippen MR) is 105 cm³/mol. The summed E-state index contributed by atoms with van der Waals surface area (Å²) in [6, 6.07) is 7.69. The molecule has 1 heterocycles. The zero-order valence-electron chi connectivity index (χ0n) is 16.4. The quantitative estimate of drug-likeness (QED) is 0.703. The van der Waals surface area contributed by atoms with E-state index in [0.29, 0.717) is 37.9 Å². The zero-order valence-corrected chi connectivity index (χ0v) is 16.4. The maximum Gasteiger partial charge on any atom is 0.338 e. The summed E-state index contributed by atoms with van der Waals surface area (Å²) in [7, 11) is 0. The van der Waals surface area contributed by atoms with Crippen LogP contribution in [0.5, 0.6) is 0 Å². The molecule has 7 nitrogen and oxygen atoms in total. The van der Waals surface area contributed by atoms with E-state index in [1.165, 1.54) is 29.2 Å². The molecule has 2 aromatic carbocycles. The molecular weight excluding hydrogens is 415 g/mol. The first-order chi connectivity index (χ1) is 14.8. The van der Waals surface area contributed by atoms with Crippen molar-refractivity contribution in [1.82, 2.24) is 9.80 Å². The SMILES string of the molecule is O=C(CN1CCN(C(=O)COC(=O)c2cc(F)cc(F)c2)CC1)Nc1ccc(F)cc1. The number of hydrogen-bond acceptors (Lipinski definition) is 5. The van der Waals surface area contributed by atoms with Crippen LogP contribution in [0, 0.1) is 17.5 Å². The van der Waals surface area contributed by atoms with E-state index in [9.17, 15) is 27.6 Å². The van der Waals surface area contributed by atoms with Crippen molar-refractivity contribution >= 4 is 23.5 Å². The predicted octanol–water partition coefficient (Wildman–Crippen LogP) is 2.04. The molecule has 0 atom stereocenters. The molecule has 164 valence electrons. The summed E-state index contributed by atoms with van der Waals surface area (Å²) in [5, 5.41) is 2.67. The third-order valence-corrected chi connectivity index (χ3v) is 4.65. The van der Waals surface area contributed by atoms with Gasteiger partial charge in [0.2, 0.25) is 5.91 Å². The van der Waals surface area contributed by atoms with Crippen LogP contribution >= 0.6 is 0 Å². The molecule has 1 fully saturated rings. The number of carbonyl (C=O) groups is 3. The molecule has 0 saturated carbocycles. The molecule has 0 unspecified atom stereocenters. The van der Waals surface area contributed by atoms with Gasteiger partial charge < -0.3 is 15.0 Å². The standard InChI is InChI=1S/C21H20F3N3O4/c22-15-1-3-18(4-2-15)25-19(28)12-26-5-7-27(8-6-26)20(29)13-31-21(30)14-9-16(23)11-17(24)10-14/h1-4,9-11H,5-8,12-13H2,(H,25,28). The summed E-state index contributed by atoms with van der Waals surface area (Å²) < 4.78 is 44.1. The lowest BCUT2D eigenvalue weighted by Crippen LogP contribution is -2.51. The number of nitrogens with one attached hydrogen (secondary N) is 1. The van der Waals surface area contributed by atoms with E-state index in [1.54, 1.807) is 0 Å². The van der Waals surface area contributed by atoms with Crippen LogP contribution in [0.2, 0.25) is 0 Å². The Kier molecular flexibility index (Phi) is 7.24. The largest absolute Gasteiger partial charge is 0.452 e. The van der Waals surface area contributed by atoms with Crippen LogP contribution in [-0.2, 0) is 14.3 Å². The summed E-state index contributed by atoms with van der Waals surface area (Å²) in [4.78, 5) is 39.6.